The molecule has 0 aliphatic rings. The Balaban J connectivity index is 2.88. The molecule has 0 heterocycles. The monoisotopic (exact) mass is 261 g/mol. The Morgan fingerprint density at radius 1 is 1.22 bits per heavy atom. The van der Waals surface area contributed by atoms with Crippen molar-refractivity contribution < 1.29 is 22.7 Å². The molecule has 1 aromatic rings. The SMILES string of the molecule is CCOC(=O)C(CC)Nc1cc(F)c(F)cc1F. The summed E-state index contributed by atoms with van der Waals surface area (Å²) >= 11 is 0. The summed E-state index contributed by atoms with van der Waals surface area (Å²) in [7, 11) is 0. The van der Waals surface area contributed by atoms with Gasteiger partial charge in [-0.15, -0.1) is 0 Å². The summed E-state index contributed by atoms with van der Waals surface area (Å²) in [6, 6.07) is 0.298. The largest absolute Gasteiger partial charge is 0.464 e. The van der Waals surface area contributed by atoms with Crippen LogP contribution in [0.5, 0.6) is 0 Å². The van der Waals surface area contributed by atoms with Crippen molar-refractivity contribution in [3.05, 3.63) is 29.6 Å². The van der Waals surface area contributed by atoms with Crippen molar-refractivity contribution in [1.82, 2.24) is 0 Å². The van der Waals surface area contributed by atoms with E-state index in [0.29, 0.717) is 18.6 Å². The highest BCUT2D eigenvalue weighted by Crippen LogP contribution is 2.20. The number of rotatable bonds is 5. The molecule has 0 aromatic heterocycles. The normalized spacial score (nSPS) is 12.1. The van der Waals surface area contributed by atoms with Crippen LogP contribution in [0.15, 0.2) is 12.1 Å². The van der Waals surface area contributed by atoms with Gasteiger partial charge in [-0.25, -0.2) is 18.0 Å². The number of carbonyl (C=O) groups is 1. The van der Waals surface area contributed by atoms with Crippen molar-refractivity contribution >= 4 is 11.7 Å². The topological polar surface area (TPSA) is 38.3 Å². The second-order valence-corrected chi connectivity index (χ2v) is 3.60. The van der Waals surface area contributed by atoms with Crippen molar-refractivity contribution in [1.29, 1.82) is 0 Å². The van der Waals surface area contributed by atoms with Gasteiger partial charge in [-0.1, -0.05) is 6.92 Å². The Kier molecular flexibility index (Phi) is 5.00. The van der Waals surface area contributed by atoms with Crippen molar-refractivity contribution in [3.63, 3.8) is 0 Å². The van der Waals surface area contributed by atoms with E-state index in [0.717, 1.165) is 0 Å². The molecule has 1 N–H and O–H groups in total. The zero-order valence-corrected chi connectivity index (χ0v) is 10.1. The summed E-state index contributed by atoms with van der Waals surface area (Å²) in [6.45, 7) is 3.52. The van der Waals surface area contributed by atoms with Crippen LogP contribution in [0.1, 0.15) is 20.3 Å². The van der Waals surface area contributed by atoms with Crippen LogP contribution in [0, 0.1) is 17.5 Å². The van der Waals surface area contributed by atoms with Crippen LogP contribution in [0.3, 0.4) is 0 Å². The van der Waals surface area contributed by atoms with Crippen LogP contribution in [0.4, 0.5) is 18.9 Å². The van der Waals surface area contributed by atoms with E-state index in [-0.39, 0.29) is 12.3 Å². The Morgan fingerprint density at radius 2 is 1.83 bits per heavy atom. The number of ether oxygens (including phenoxy) is 1. The van der Waals surface area contributed by atoms with E-state index >= 15 is 0 Å². The van der Waals surface area contributed by atoms with Gasteiger partial charge in [-0.3, -0.25) is 0 Å². The van der Waals surface area contributed by atoms with Crippen LogP contribution in [0.2, 0.25) is 0 Å². The van der Waals surface area contributed by atoms with Crippen LogP contribution in [-0.2, 0) is 9.53 Å². The number of halogens is 3. The van der Waals surface area contributed by atoms with Gasteiger partial charge in [0.1, 0.15) is 11.9 Å². The van der Waals surface area contributed by atoms with Crippen molar-refractivity contribution in [2.45, 2.75) is 26.3 Å². The van der Waals surface area contributed by atoms with Gasteiger partial charge >= 0.3 is 5.97 Å². The molecule has 0 spiro atoms. The molecule has 0 fully saturated rings. The van der Waals surface area contributed by atoms with Gasteiger partial charge in [-0.05, 0) is 13.3 Å². The Labute approximate surface area is 103 Å². The highest BCUT2D eigenvalue weighted by molar-refractivity contribution is 5.79. The average molecular weight is 261 g/mol. The molecule has 0 amide bonds. The minimum absolute atomic E-state index is 0.192. The van der Waals surface area contributed by atoms with Gasteiger partial charge < -0.3 is 10.1 Å². The van der Waals surface area contributed by atoms with Crippen molar-refractivity contribution in [2.75, 3.05) is 11.9 Å². The molecule has 1 aromatic carbocycles. The third-order valence-electron chi connectivity index (χ3n) is 2.32. The van der Waals surface area contributed by atoms with E-state index in [1.807, 2.05) is 0 Å². The first kappa shape index (κ1) is 14.3. The molecule has 0 saturated carbocycles. The smallest absolute Gasteiger partial charge is 0.328 e. The summed E-state index contributed by atoms with van der Waals surface area (Å²) in [6.07, 6.45) is 0.331. The zero-order valence-electron chi connectivity index (χ0n) is 10.1. The number of anilines is 1. The Bertz CT molecular complexity index is 438. The highest BCUT2D eigenvalue weighted by atomic mass is 19.2. The first-order valence-corrected chi connectivity index (χ1v) is 5.57. The maximum Gasteiger partial charge on any atom is 0.328 e. The summed E-state index contributed by atoms with van der Waals surface area (Å²) in [5.41, 5.74) is -0.270. The Morgan fingerprint density at radius 3 is 2.39 bits per heavy atom. The van der Waals surface area contributed by atoms with Gasteiger partial charge in [0.25, 0.3) is 0 Å². The number of hydrogen-bond acceptors (Lipinski definition) is 3. The van der Waals surface area contributed by atoms with E-state index < -0.39 is 29.5 Å². The fourth-order valence-electron chi connectivity index (χ4n) is 1.39. The average Bonchev–Trinajstić information content (AvgIpc) is 2.32. The number of carbonyl (C=O) groups excluding carboxylic acids is 1. The lowest BCUT2D eigenvalue weighted by Gasteiger charge is -2.17. The van der Waals surface area contributed by atoms with E-state index in [9.17, 15) is 18.0 Å². The maximum absolute atomic E-state index is 13.4. The van der Waals surface area contributed by atoms with Gasteiger partial charge in [0, 0.05) is 12.1 Å². The van der Waals surface area contributed by atoms with Gasteiger partial charge in [-0.2, -0.15) is 0 Å². The molecule has 1 atom stereocenters. The lowest BCUT2D eigenvalue weighted by Crippen LogP contribution is -2.31. The minimum atomic E-state index is -1.28. The number of esters is 1. The molecular weight excluding hydrogens is 247 g/mol. The number of hydrogen-bond donors (Lipinski definition) is 1. The van der Waals surface area contributed by atoms with Crippen LogP contribution in [-0.4, -0.2) is 18.6 Å². The summed E-state index contributed by atoms with van der Waals surface area (Å²) < 4.78 is 43.8. The zero-order chi connectivity index (χ0) is 13.7. The Hall–Kier alpha value is -1.72. The molecule has 0 radical (unpaired) electrons. The van der Waals surface area contributed by atoms with Crippen molar-refractivity contribution in [2.24, 2.45) is 0 Å². The summed E-state index contributed by atoms with van der Waals surface area (Å²) in [5, 5.41) is 2.49. The highest BCUT2D eigenvalue weighted by Gasteiger charge is 2.20. The molecule has 0 aliphatic heterocycles. The van der Waals surface area contributed by atoms with Crippen LogP contribution >= 0.6 is 0 Å². The van der Waals surface area contributed by atoms with E-state index in [2.05, 4.69) is 5.32 Å². The molecule has 0 aliphatic carbocycles. The van der Waals surface area contributed by atoms with Gasteiger partial charge in [0.2, 0.25) is 0 Å². The second kappa shape index (κ2) is 6.28. The first-order chi connectivity index (χ1) is 8.49. The molecule has 6 heteroatoms. The predicted molar refractivity (Wildman–Crippen MR) is 60.7 cm³/mol. The van der Waals surface area contributed by atoms with Crippen LogP contribution in [0.25, 0.3) is 0 Å². The number of nitrogens with one attached hydrogen (secondary N) is 1. The van der Waals surface area contributed by atoms with E-state index in [1.54, 1.807) is 13.8 Å². The summed E-state index contributed by atoms with van der Waals surface area (Å²) in [5.74, 6) is -3.99. The molecule has 1 unspecified atom stereocenters. The molecule has 3 nitrogen and oxygen atoms in total. The van der Waals surface area contributed by atoms with Crippen LogP contribution < -0.4 is 5.32 Å². The third kappa shape index (κ3) is 3.38. The molecule has 0 bridgehead atoms. The fraction of sp³-hybridized carbons (Fsp3) is 0.417. The van der Waals surface area contributed by atoms with Gasteiger partial charge in [0.15, 0.2) is 11.6 Å². The number of benzene rings is 1. The van der Waals surface area contributed by atoms with E-state index in [1.165, 1.54) is 0 Å². The first-order valence-electron chi connectivity index (χ1n) is 5.57. The molecule has 0 saturated heterocycles. The lowest BCUT2D eigenvalue weighted by molar-refractivity contribution is -0.144. The standard InChI is InChI=1S/C12H14F3NO2/c1-3-10(12(17)18-4-2)16-11-6-8(14)7(13)5-9(11)15/h5-6,10,16H,3-4H2,1-2H3. The fourth-order valence-corrected chi connectivity index (χ4v) is 1.39. The third-order valence-corrected chi connectivity index (χ3v) is 2.32. The van der Waals surface area contributed by atoms with Crippen molar-refractivity contribution in [3.8, 4) is 0 Å². The second-order valence-electron chi connectivity index (χ2n) is 3.60. The molecule has 100 valence electrons. The van der Waals surface area contributed by atoms with Gasteiger partial charge in [0.05, 0.1) is 12.3 Å². The molecular formula is C12H14F3NO2. The quantitative estimate of drug-likeness (QED) is 0.654. The minimum Gasteiger partial charge on any atom is -0.464 e. The van der Waals surface area contributed by atoms with E-state index in [4.69, 9.17) is 4.74 Å². The maximum atomic E-state index is 13.4. The molecule has 18 heavy (non-hydrogen) atoms. The molecule has 1 rings (SSSR count). The summed E-state index contributed by atoms with van der Waals surface area (Å²) in [4.78, 5) is 11.5. The predicted octanol–water partition coefficient (Wildman–Crippen LogP) is 2.86. The lowest BCUT2D eigenvalue weighted by atomic mass is 10.2.